The Kier molecular flexibility index (Phi) is 4.81. The molecule has 0 saturated heterocycles. The number of halogens is 1. The van der Waals surface area contributed by atoms with E-state index < -0.39 is 13.3 Å². The van der Waals surface area contributed by atoms with Crippen molar-refractivity contribution >= 4 is 25.1 Å². The van der Waals surface area contributed by atoms with Crippen LogP contribution in [0.5, 0.6) is 0 Å². The van der Waals surface area contributed by atoms with Crippen LogP contribution < -0.4 is 4.84 Å². The van der Waals surface area contributed by atoms with Gasteiger partial charge in [0.1, 0.15) is 0 Å². The van der Waals surface area contributed by atoms with Crippen molar-refractivity contribution in [1.82, 2.24) is 0 Å². The summed E-state index contributed by atoms with van der Waals surface area (Å²) in [6.07, 6.45) is 0. The van der Waals surface area contributed by atoms with Crippen LogP contribution in [0.3, 0.4) is 0 Å². The quantitative estimate of drug-likeness (QED) is 0.632. The number of hydrogen-bond acceptors (Lipinski definition) is 3. The van der Waals surface area contributed by atoms with Gasteiger partial charge in [0.25, 0.3) is 0 Å². The lowest BCUT2D eigenvalue weighted by Crippen LogP contribution is -2.01. The van der Waals surface area contributed by atoms with E-state index in [0.29, 0.717) is 0 Å². The van der Waals surface area contributed by atoms with Gasteiger partial charge in [-0.3, -0.25) is 9.40 Å². The minimum atomic E-state index is -3.49. The fraction of sp³-hybridized carbons (Fsp3) is 0.400. The highest BCUT2D eigenvalue weighted by Gasteiger charge is 2.24. The second-order valence-corrected chi connectivity index (χ2v) is 6.33. The Bertz CT molecular complexity index is 380. The van der Waals surface area contributed by atoms with Crippen molar-refractivity contribution < 1.29 is 14.0 Å². The summed E-state index contributed by atoms with van der Waals surface area (Å²) < 4.78 is 16.5. The Balaban J connectivity index is 2.58. The molecule has 0 amide bonds. The van der Waals surface area contributed by atoms with Crippen molar-refractivity contribution in [1.29, 1.82) is 0 Å². The summed E-state index contributed by atoms with van der Waals surface area (Å²) in [6.45, 7) is 3.43. The Morgan fingerprint density at radius 1 is 1.44 bits per heavy atom. The van der Waals surface area contributed by atoms with Crippen LogP contribution in [-0.4, -0.2) is 10.6 Å². The predicted octanol–water partition coefficient (Wildman–Crippen LogP) is 3.36. The highest BCUT2D eigenvalue weighted by molar-refractivity contribution is 7.53. The van der Waals surface area contributed by atoms with Crippen LogP contribution in [-0.2, 0) is 15.7 Å². The first kappa shape index (κ1) is 13.5. The van der Waals surface area contributed by atoms with Gasteiger partial charge in [-0.25, -0.2) is 0 Å². The Hall–Kier alpha value is -0.540. The molecule has 0 aromatic heterocycles. The molecule has 0 aliphatic carbocycles. The lowest BCUT2D eigenvalue weighted by molar-refractivity contribution is 0.244. The van der Waals surface area contributed by atoms with Crippen LogP contribution in [0.25, 0.3) is 0 Å². The maximum atomic E-state index is 11.5. The van der Waals surface area contributed by atoms with Gasteiger partial charge in [-0.2, -0.15) is 0 Å². The molecule has 0 radical (unpaired) electrons. The van der Waals surface area contributed by atoms with E-state index in [1.165, 1.54) is 0 Å². The van der Waals surface area contributed by atoms with Gasteiger partial charge < -0.3 is 9.42 Å². The summed E-state index contributed by atoms with van der Waals surface area (Å²) in [5.41, 5.74) is 1.20. The number of rotatable bonds is 5. The summed E-state index contributed by atoms with van der Waals surface area (Å²) in [4.78, 5) is 11.9. The SMILES string of the molecule is CC(C)P(=O)(O)OCc1ccc(NCl)cc1. The van der Waals surface area contributed by atoms with E-state index in [2.05, 4.69) is 4.84 Å². The molecule has 1 aromatic rings. The molecule has 6 heteroatoms. The average Bonchev–Trinajstić information content (AvgIpc) is 2.27. The fourth-order valence-corrected chi connectivity index (χ4v) is 1.74. The number of hydrogen-bond donors (Lipinski definition) is 2. The van der Waals surface area contributed by atoms with Crippen LogP contribution in [0.4, 0.5) is 5.69 Å². The molecule has 2 N–H and O–H groups in total. The van der Waals surface area contributed by atoms with E-state index in [9.17, 15) is 9.46 Å². The van der Waals surface area contributed by atoms with E-state index in [-0.39, 0.29) is 6.61 Å². The van der Waals surface area contributed by atoms with Crippen LogP contribution in [0.2, 0.25) is 0 Å². The van der Waals surface area contributed by atoms with Gasteiger partial charge in [0.15, 0.2) is 0 Å². The summed E-state index contributed by atoms with van der Waals surface area (Å²) in [5, 5.41) is 0. The molecule has 0 bridgehead atoms. The van der Waals surface area contributed by atoms with Crippen LogP contribution >= 0.6 is 19.4 Å². The van der Waals surface area contributed by atoms with Gasteiger partial charge in [-0.15, -0.1) is 0 Å². The molecule has 16 heavy (non-hydrogen) atoms. The van der Waals surface area contributed by atoms with E-state index in [1.54, 1.807) is 38.1 Å². The second-order valence-electron chi connectivity index (χ2n) is 3.72. The molecule has 0 heterocycles. The Labute approximate surface area is 100 Å². The largest absolute Gasteiger partial charge is 0.330 e. The maximum absolute atomic E-state index is 11.5. The number of anilines is 1. The van der Waals surface area contributed by atoms with Gasteiger partial charge >= 0.3 is 7.60 Å². The monoisotopic (exact) mass is 263 g/mol. The van der Waals surface area contributed by atoms with Gasteiger partial charge in [0.2, 0.25) is 0 Å². The molecule has 0 fully saturated rings. The van der Waals surface area contributed by atoms with E-state index in [1.807, 2.05) is 0 Å². The summed E-state index contributed by atoms with van der Waals surface area (Å²) >= 11 is 5.40. The van der Waals surface area contributed by atoms with Gasteiger partial charge in [-0.05, 0) is 17.7 Å². The molecule has 1 rings (SSSR count). The van der Waals surface area contributed by atoms with Gasteiger partial charge in [0, 0.05) is 17.5 Å². The third-order valence-electron chi connectivity index (χ3n) is 2.13. The van der Waals surface area contributed by atoms with Gasteiger partial charge in [0.05, 0.1) is 12.3 Å². The number of benzene rings is 1. The standard InChI is InChI=1S/C10H15ClNO3P/c1-8(2)16(13,14)15-7-9-3-5-10(12-11)6-4-9/h3-6,8,12H,7H2,1-2H3,(H,13,14). The molecule has 0 spiro atoms. The number of nitrogens with one attached hydrogen (secondary N) is 1. The topological polar surface area (TPSA) is 58.6 Å². The van der Waals surface area contributed by atoms with Gasteiger partial charge in [-0.1, -0.05) is 26.0 Å². The van der Waals surface area contributed by atoms with E-state index in [0.717, 1.165) is 11.3 Å². The van der Waals surface area contributed by atoms with Crippen molar-refractivity contribution in [3.05, 3.63) is 29.8 Å². The van der Waals surface area contributed by atoms with Crippen molar-refractivity contribution in [3.63, 3.8) is 0 Å². The second kappa shape index (κ2) is 5.69. The molecule has 0 aliphatic rings. The van der Waals surface area contributed by atoms with E-state index >= 15 is 0 Å². The predicted molar refractivity (Wildman–Crippen MR) is 65.7 cm³/mol. The minimum absolute atomic E-state index is 0.120. The zero-order valence-corrected chi connectivity index (χ0v) is 10.8. The van der Waals surface area contributed by atoms with Crippen LogP contribution in [0.1, 0.15) is 19.4 Å². The molecule has 1 unspecified atom stereocenters. The molecular weight excluding hydrogens is 249 g/mol. The zero-order valence-electron chi connectivity index (χ0n) is 9.18. The van der Waals surface area contributed by atoms with Crippen LogP contribution in [0.15, 0.2) is 24.3 Å². The molecule has 0 aliphatic heterocycles. The first-order chi connectivity index (χ1) is 7.45. The highest BCUT2D eigenvalue weighted by Crippen LogP contribution is 2.47. The maximum Gasteiger partial charge on any atom is 0.330 e. The van der Waals surface area contributed by atoms with Crippen LogP contribution in [0, 0.1) is 0 Å². The molecule has 1 aromatic carbocycles. The molecule has 90 valence electrons. The smallest absolute Gasteiger partial charge is 0.324 e. The Morgan fingerprint density at radius 3 is 2.44 bits per heavy atom. The summed E-state index contributed by atoms with van der Waals surface area (Å²) in [6, 6.07) is 7.10. The van der Waals surface area contributed by atoms with Crippen molar-refractivity contribution in [2.45, 2.75) is 26.1 Å². The minimum Gasteiger partial charge on any atom is -0.324 e. The molecule has 0 saturated carbocycles. The first-order valence-electron chi connectivity index (χ1n) is 4.88. The summed E-state index contributed by atoms with van der Waals surface area (Å²) in [7, 11) is -3.49. The average molecular weight is 264 g/mol. The van der Waals surface area contributed by atoms with E-state index in [4.69, 9.17) is 16.3 Å². The lowest BCUT2D eigenvalue weighted by Gasteiger charge is -2.15. The molecular formula is C10H15ClNO3P. The Morgan fingerprint density at radius 2 is 2.00 bits per heavy atom. The van der Waals surface area contributed by atoms with Crippen molar-refractivity contribution in [2.75, 3.05) is 4.84 Å². The first-order valence-corrected chi connectivity index (χ1v) is 6.91. The fourth-order valence-electron chi connectivity index (χ4n) is 0.980. The lowest BCUT2D eigenvalue weighted by atomic mass is 10.2. The molecule has 1 atom stereocenters. The van der Waals surface area contributed by atoms with Crippen molar-refractivity contribution in [3.8, 4) is 0 Å². The third kappa shape index (κ3) is 3.80. The highest BCUT2D eigenvalue weighted by atomic mass is 35.5. The zero-order chi connectivity index (χ0) is 12.2. The van der Waals surface area contributed by atoms with Crippen molar-refractivity contribution in [2.24, 2.45) is 0 Å². The normalized spacial score (nSPS) is 14.8. The molecule has 4 nitrogen and oxygen atoms in total. The summed E-state index contributed by atoms with van der Waals surface area (Å²) in [5.74, 6) is 0. The third-order valence-corrected chi connectivity index (χ3v) is 4.15.